The number of esters is 1. The van der Waals surface area contributed by atoms with Crippen LogP contribution in [0.5, 0.6) is 0 Å². The van der Waals surface area contributed by atoms with Crippen molar-refractivity contribution in [2.45, 2.75) is 58.1 Å². The maximum Gasteiger partial charge on any atom is 0.408 e. The third kappa shape index (κ3) is 10.4. The zero-order valence-electron chi connectivity index (χ0n) is 19.4. The molecule has 0 saturated carbocycles. The van der Waals surface area contributed by atoms with Crippen molar-refractivity contribution in [2.24, 2.45) is 0 Å². The lowest BCUT2D eigenvalue weighted by molar-refractivity contribution is -0.146. The molecular weight excluding hydrogens is 442 g/mol. The fourth-order valence-electron chi connectivity index (χ4n) is 2.78. The number of aliphatic carboxylic acids is 1. The minimum Gasteiger partial charge on any atom is -0.481 e. The van der Waals surface area contributed by atoms with Gasteiger partial charge in [0, 0.05) is 11.5 Å². The monoisotopic (exact) mass is 473 g/mol. The Balaban J connectivity index is 1.96. The zero-order chi connectivity index (χ0) is 24.4. The van der Waals surface area contributed by atoms with Gasteiger partial charge >= 0.3 is 18.0 Å². The summed E-state index contributed by atoms with van der Waals surface area (Å²) in [5, 5.41) is 11.5. The summed E-state index contributed by atoms with van der Waals surface area (Å²) < 4.78 is 10.7. The number of ether oxygens (including phenoxy) is 2. The Morgan fingerprint density at radius 3 is 2.12 bits per heavy atom. The number of aryl methyl sites for hydroxylation is 1. The van der Waals surface area contributed by atoms with E-state index < -0.39 is 29.7 Å². The van der Waals surface area contributed by atoms with Crippen LogP contribution < -0.4 is 5.32 Å². The number of rotatable bonds is 10. The lowest BCUT2D eigenvalue weighted by Crippen LogP contribution is -2.45. The molecule has 2 aromatic carbocycles. The molecule has 1 unspecified atom stereocenters. The van der Waals surface area contributed by atoms with Gasteiger partial charge < -0.3 is 19.9 Å². The van der Waals surface area contributed by atoms with Gasteiger partial charge in [-0.1, -0.05) is 54.1 Å². The van der Waals surface area contributed by atoms with E-state index in [-0.39, 0.29) is 13.0 Å². The molecule has 0 aliphatic heterocycles. The fraction of sp³-hybridized carbons (Fsp3) is 0.400. The Morgan fingerprint density at radius 2 is 1.55 bits per heavy atom. The third-order valence-corrected chi connectivity index (χ3v) is 5.52. The van der Waals surface area contributed by atoms with Crippen molar-refractivity contribution in [3.05, 3.63) is 70.8 Å². The second kappa shape index (κ2) is 12.3. The molecule has 0 fully saturated rings. The molecule has 2 N–H and O–H groups in total. The molecule has 178 valence electrons. The first-order valence-corrected chi connectivity index (χ1v) is 11.8. The predicted molar refractivity (Wildman–Crippen MR) is 128 cm³/mol. The summed E-state index contributed by atoms with van der Waals surface area (Å²) in [7, 11) is 0. The fourth-order valence-corrected chi connectivity index (χ4v) is 3.78. The average molecular weight is 474 g/mol. The second-order valence-corrected chi connectivity index (χ2v) is 9.72. The van der Waals surface area contributed by atoms with Gasteiger partial charge in [0.25, 0.3) is 0 Å². The largest absolute Gasteiger partial charge is 0.481 e. The van der Waals surface area contributed by atoms with Gasteiger partial charge in [-0.25, -0.2) is 9.59 Å². The summed E-state index contributed by atoms with van der Waals surface area (Å²) in [5.41, 5.74) is 2.99. The van der Waals surface area contributed by atoms with Gasteiger partial charge in [-0.05, 0) is 44.4 Å². The molecule has 0 saturated heterocycles. The molecule has 2 rings (SSSR count). The molecule has 0 aliphatic rings. The zero-order valence-corrected chi connectivity index (χ0v) is 20.2. The third-order valence-electron chi connectivity index (χ3n) is 4.41. The van der Waals surface area contributed by atoms with Crippen LogP contribution in [0, 0.1) is 6.92 Å². The van der Waals surface area contributed by atoms with Gasteiger partial charge in [0.2, 0.25) is 0 Å². The number of thioether (sulfide) groups is 1. The molecule has 33 heavy (non-hydrogen) atoms. The summed E-state index contributed by atoms with van der Waals surface area (Å²) in [6, 6.07) is 14.1. The molecule has 0 bridgehead atoms. The molecule has 0 aromatic heterocycles. The molecule has 2 aromatic rings. The van der Waals surface area contributed by atoms with Gasteiger partial charge in [0.05, 0.1) is 6.42 Å². The number of hydrogen-bond acceptors (Lipinski definition) is 6. The van der Waals surface area contributed by atoms with E-state index in [0.717, 1.165) is 11.1 Å². The number of benzene rings is 2. The van der Waals surface area contributed by atoms with E-state index in [4.69, 9.17) is 14.6 Å². The van der Waals surface area contributed by atoms with Crippen molar-refractivity contribution in [3.63, 3.8) is 0 Å². The summed E-state index contributed by atoms with van der Waals surface area (Å²) in [5.74, 6) is -0.463. The van der Waals surface area contributed by atoms with Gasteiger partial charge in [0.15, 0.2) is 0 Å². The minimum absolute atomic E-state index is 0.0152. The number of hydrogen-bond donors (Lipinski definition) is 2. The number of amides is 1. The van der Waals surface area contributed by atoms with Crippen LogP contribution in [0.3, 0.4) is 0 Å². The SMILES string of the molecule is Cc1ccc(CSCC(NC(=O)OC(C)(C)C)C(=O)OCc2ccc(CC(=O)O)cc2)cc1. The Morgan fingerprint density at radius 1 is 0.970 bits per heavy atom. The minimum atomic E-state index is -0.909. The van der Waals surface area contributed by atoms with E-state index in [1.165, 1.54) is 17.3 Å². The Hall–Kier alpha value is -3.00. The van der Waals surface area contributed by atoms with Crippen molar-refractivity contribution in [1.82, 2.24) is 5.32 Å². The molecule has 0 aliphatic carbocycles. The first kappa shape index (κ1) is 26.3. The first-order valence-electron chi connectivity index (χ1n) is 10.6. The molecule has 0 spiro atoms. The van der Waals surface area contributed by atoms with Crippen molar-refractivity contribution >= 4 is 29.8 Å². The molecule has 1 atom stereocenters. The Labute approximate surface area is 198 Å². The lowest BCUT2D eigenvalue weighted by Gasteiger charge is -2.23. The second-order valence-electron chi connectivity index (χ2n) is 8.69. The molecule has 0 radical (unpaired) electrons. The Kier molecular flexibility index (Phi) is 9.78. The van der Waals surface area contributed by atoms with Gasteiger partial charge in [-0.2, -0.15) is 11.8 Å². The lowest BCUT2D eigenvalue weighted by atomic mass is 10.1. The van der Waals surface area contributed by atoms with Gasteiger partial charge in [0.1, 0.15) is 18.2 Å². The maximum absolute atomic E-state index is 12.7. The quantitative estimate of drug-likeness (QED) is 0.490. The highest BCUT2D eigenvalue weighted by molar-refractivity contribution is 7.98. The summed E-state index contributed by atoms with van der Waals surface area (Å²) in [6.45, 7) is 7.29. The van der Waals surface area contributed by atoms with Crippen LogP contribution in [0.15, 0.2) is 48.5 Å². The van der Waals surface area contributed by atoms with Crippen molar-refractivity contribution in [1.29, 1.82) is 0 Å². The number of carboxylic acid groups (broad SMARTS) is 1. The van der Waals surface area contributed by atoms with Crippen molar-refractivity contribution < 1.29 is 29.0 Å². The topological polar surface area (TPSA) is 102 Å². The molecule has 8 heteroatoms. The molecule has 7 nitrogen and oxygen atoms in total. The highest BCUT2D eigenvalue weighted by Crippen LogP contribution is 2.16. The average Bonchev–Trinajstić information content (AvgIpc) is 2.72. The normalized spacial score (nSPS) is 12.0. The van der Waals surface area contributed by atoms with E-state index in [1.54, 1.807) is 45.0 Å². The van der Waals surface area contributed by atoms with Gasteiger partial charge in [-0.3, -0.25) is 4.79 Å². The summed E-state index contributed by atoms with van der Waals surface area (Å²) in [6.07, 6.45) is -0.751. The van der Waals surface area contributed by atoms with E-state index >= 15 is 0 Å². The van der Waals surface area contributed by atoms with Crippen LogP contribution in [0.4, 0.5) is 4.79 Å². The number of carboxylic acids is 1. The standard InChI is InChI=1S/C25H31NO6S/c1-17-5-7-20(8-6-17)15-33-16-21(26-24(30)32-25(2,3)4)23(29)31-14-19-11-9-18(10-12-19)13-22(27)28/h5-12,21H,13-16H2,1-4H3,(H,26,30)(H,27,28). The maximum atomic E-state index is 12.7. The van der Waals surface area contributed by atoms with Crippen LogP contribution in [0.25, 0.3) is 0 Å². The number of carbonyl (C=O) groups is 3. The summed E-state index contributed by atoms with van der Waals surface area (Å²) >= 11 is 1.51. The van der Waals surface area contributed by atoms with Crippen molar-refractivity contribution in [2.75, 3.05) is 5.75 Å². The first-order chi connectivity index (χ1) is 15.5. The predicted octanol–water partition coefficient (Wildman–Crippen LogP) is 4.49. The highest BCUT2D eigenvalue weighted by Gasteiger charge is 2.25. The van der Waals surface area contributed by atoms with Crippen LogP contribution in [0.1, 0.15) is 43.0 Å². The van der Waals surface area contributed by atoms with E-state index in [9.17, 15) is 14.4 Å². The molecular formula is C25H31NO6S. The summed E-state index contributed by atoms with van der Waals surface area (Å²) in [4.78, 5) is 35.8. The molecule has 1 amide bonds. The number of carbonyl (C=O) groups excluding carboxylic acids is 2. The number of alkyl carbamates (subject to hydrolysis) is 1. The number of nitrogens with one attached hydrogen (secondary N) is 1. The van der Waals surface area contributed by atoms with E-state index in [1.807, 2.05) is 31.2 Å². The van der Waals surface area contributed by atoms with E-state index in [0.29, 0.717) is 17.1 Å². The van der Waals surface area contributed by atoms with Crippen LogP contribution >= 0.6 is 11.8 Å². The Bertz CT molecular complexity index is 935. The van der Waals surface area contributed by atoms with E-state index in [2.05, 4.69) is 5.32 Å². The smallest absolute Gasteiger partial charge is 0.408 e. The molecule has 0 heterocycles. The van der Waals surface area contributed by atoms with Crippen molar-refractivity contribution in [3.8, 4) is 0 Å². The van der Waals surface area contributed by atoms with Crippen LogP contribution in [-0.4, -0.2) is 40.5 Å². The van der Waals surface area contributed by atoms with Crippen LogP contribution in [-0.2, 0) is 37.8 Å². The van der Waals surface area contributed by atoms with Crippen LogP contribution in [0.2, 0.25) is 0 Å². The van der Waals surface area contributed by atoms with Gasteiger partial charge in [-0.15, -0.1) is 0 Å². The highest BCUT2D eigenvalue weighted by atomic mass is 32.2.